The maximum atomic E-state index is 13.2. The van der Waals surface area contributed by atoms with E-state index >= 15 is 0 Å². The molecule has 1 aromatic heterocycles. The molecule has 0 bridgehead atoms. The van der Waals surface area contributed by atoms with Crippen LogP contribution in [0.25, 0.3) is 10.9 Å². The molecule has 0 radical (unpaired) electrons. The smallest absolute Gasteiger partial charge is 0.229 e. The number of rotatable bonds is 9. The van der Waals surface area contributed by atoms with Crippen molar-refractivity contribution in [3.05, 3.63) is 65.7 Å². The highest BCUT2D eigenvalue weighted by Gasteiger charge is 2.27. The quantitative estimate of drug-likeness (QED) is 0.216. The molecule has 2 aliphatic rings. The van der Waals surface area contributed by atoms with Gasteiger partial charge in [-0.25, -0.2) is 13.4 Å². The summed E-state index contributed by atoms with van der Waals surface area (Å²) in [6.45, 7) is 9.93. The third kappa shape index (κ3) is 6.73. The molecule has 3 aromatic carbocycles. The maximum absolute atomic E-state index is 13.2. The number of hydrogen-bond acceptors (Lipinski definition) is 10. The zero-order valence-corrected chi connectivity index (χ0v) is 28.4. The van der Waals surface area contributed by atoms with Crippen molar-refractivity contribution in [3.8, 4) is 5.75 Å². The van der Waals surface area contributed by atoms with Crippen LogP contribution in [0.4, 0.5) is 28.8 Å². The van der Waals surface area contributed by atoms with Crippen molar-refractivity contribution in [3.63, 3.8) is 0 Å². The number of halogens is 1. The van der Waals surface area contributed by atoms with Gasteiger partial charge in [0, 0.05) is 57.1 Å². The van der Waals surface area contributed by atoms with Gasteiger partial charge < -0.3 is 25.2 Å². The third-order valence-electron chi connectivity index (χ3n) is 9.06. The maximum Gasteiger partial charge on any atom is 0.229 e. The minimum atomic E-state index is -3.56. The number of nitrogens with one attached hydrogen (secondary N) is 2. The molecular formula is C34H42ClN7O3S. The summed E-state index contributed by atoms with van der Waals surface area (Å²) in [5.74, 6) is 1.39. The zero-order chi connectivity index (χ0) is 32.4. The van der Waals surface area contributed by atoms with Crippen molar-refractivity contribution < 1.29 is 13.2 Å². The Hall–Kier alpha value is -3.64. The van der Waals surface area contributed by atoms with Gasteiger partial charge in [0.05, 0.1) is 44.6 Å². The standard InChI is InChI=1S/C34H42ClN7O3S/c1-23(2)46(43,44)31-11-6-5-9-28(31)36-33-32-26(35)8-7-10-29(32)38-34(39-33)37-27-13-12-25(22-30(27)45-4)41-16-14-24(15-17-41)42-20-18-40(3)19-21-42/h5-13,22-24H,14-21H2,1-4H3,(H2,36,37,38,39). The zero-order valence-electron chi connectivity index (χ0n) is 26.8. The lowest BCUT2D eigenvalue weighted by molar-refractivity contribution is 0.0982. The van der Waals surface area contributed by atoms with Crippen molar-refractivity contribution in [1.29, 1.82) is 0 Å². The van der Waals surface area contributed by atoms with E-state index < -0.39 is 15.1 Å². The molecule has 244 valence electrons. The summed E-state index contributed by atoms with van der Waals surface area (Å²) >= 11 is 6.63. The predicted octanol–water partition coefficient (Wildman–Crippen LogP) is 6.18. The first-order valence-corrected chi connectivity index (χ1v) is 17.8. The Bertz CT molecular complexity index is 1800. The number of aromatic nitrogens is 2. The van der Waals surface area contributed by atoms with Crippen molar-refractivity contribution in [2.24, 2.45) is 0 Å². The van der Waals surface area contributed by atoms with E-state index in [0.29, 0.717) is 50.9 Å². The first-order chi connectivity index (χ1) is 22.1. The van der Waals surface area contributed by atoms with Gasteiger partial charge in [0.2, 0.25) is 5.95 Å². The number of piperidine rings is 1. The van der Waals surface area contributed by atoms with E-state index in [9.17, 15) is 8.42 Å². The molecule has 0 unspecified atom stereocenters. The normalized spacial score (nSPS) is 17.0. The fraction of sp³-hybridized carbons (Fsp3) is 0.412. The number of fused-ring (bicyclic) bond motifs is 1. The van der Waals surface area contributed by atoms with E-state index in [-0.39, 0.29) is 4.90 Å². The third-order valence-corrected chi connectivity index (χ3v) is 11.6. The first kappa shape index (κ1) is 32.3. The van der Waals surface area contributed by atoms with Crippen LogP contribution in [0, 0.1) is 0 Å². The van der Waals surface area contributed by atoms with Crippen LogP contribution in [-0.4, -0.2) is 92.9 Å². The predicted molar refractivity (Wildman–Crippen MR) is 187 cm³/mol. The molecule has 6 rings (SSSR count). The highest BCUT2D eigenvalue weighted by Crippen LogP contribution is 2.37. The molecule has 0 amide bonds. The molecule has 2 aliphatic heterocycles. The molecule has 0 spiro atoms. The Morgan fingerprint density at radius 2 is 1.63 bits per heavy atom. The first-order valence-electron chi connectivity index (χ1n) is 15.8. The Kier molecular flexibility index (Phi) is 9.56. The lowest BCUT2D eigenvalue weighted by Crippen LogP contribution is -2.52. The van der Waals surface area contributed by atoms with Crippen LogP contribution in [0.2, 0.25) is 5.02 Å². The van der Waals surface area contributed by atoms with Crippen LogP contribution in [0.1, 0.15) is 26.7 Å². The fourth-order valence-electron chi connectivity index (χ4n) is 6.26. The minimum Gasteiger partial charge on any atom is -0.494 e. The summed E-state index contributed by atoms with van der Waals surface area (Å²) < 4.78 is 32.1. The summed E-state index contributed by atoms with van der Waals surface area (Å²) in [7, 11) is 0.295. The number of anilines is 5. The van der Waals surface area contributed by atoms with Gasteiger partial charge in [0.25, 0.3) is 0 Å². The highest BCUT2D eigenvalue weighted by molar-refractivity contribution is 7.92. The number of methoxy groups -OCH3 is 1. The van der Waals surface area contributed by atoms with Gasteiger partial charge in [-0.3, -0.25) is 4.90 Å². The van der Waals surface area contributed by atoms with Gasteiger partial charge >= 0.3 is 0 Å². The Labute approximate surface area is 276 Å². The van der Waals surface area contributed by atoms with Crippen molar-refractivity contribution in [2.75, 3.05) is 69.0 Å². The summed E-state index contributed by atoms with van der Waals surface area (Å²) in [6, 6.07) is 19.1. The van der Waals surface area contributed by atoms with E-state index in [4.69, 9.17) is 26.3 Å². The number of hydrogen-bond donors (Lipinski definition) is 2. The molecule has 2 N–H and O–H groups in total. The SMILES string of the molecule is COc1cc(N2CCC(N3CCN(C)CC3)CC2)ccc1Nc1nc(Nc2ccccc2S(=O)(=O)C(C)C)c2c(Cl)cccc2n1. The number of piperazine rings is 1. The molecular weight excluding hydrogens is 622 g/mol. The summed E-state index contributed by atoms with van der Waals surface area (Å²) in [6.07, 6.45) is 2.30. The van der Waals surface area contributed by atoms with Crippen molar-refractivity contribution >= 4 is 61.2 Å². The monoisotopic (exact) mass is 663 g/mol. The highest BCUT2D eigenvalue weighted by atomic mass is 35.5. The fourth-order valence-corrected chi connectivity index (χ4v) is 7.72. The average molecular weight is 664 g/mol. The van der Waals surface area contributed by atoms with Crippen LogP contribution < -0.4 is 20.3 Å². The summed E-state index contributed by atoms with van der Waals surface area (Å²) in [5, 5.41) is 7.04. The number of likely N-dealkylation sites (N-methyl/N-ethyl adjacent to an activating group) is 1. The van der Waals surface area contributed by atoms with E-state index in [1.807, 2.05) is 18.2 Å². The molecule has 0 saturated carbocycles. The minimum absolute atomic E-state index is 0.197. The molecule has 46 heavy (non-hydrogen) atoms. The van der Waals surface area contributed by atoms with E-state index in [1.165, 1.54) is 0 Å². The molecule has 0 aliphatic carbocycles. The number of benzene rings is 3. The second-order valence-corrected chi connectivity index (χ2v) is 15.2. The Morgan fingerprint density at radius 3 is 2.35 bits per heavy atom. The second kappa shape index (κ2) is 13.6. The second-order valence-electron chi connectivity index (χ2n) is 12.3. The van der Waals surface area contributed by atoms with E-state index in [0.717, 1.165) is 57.8 Å². The number of sulfone groups is 1. The van der Waals surface area contributed by atoms with Crippen molar-refractivity contribution in [1.82, 2.24) is 19.8 Å². The average Bonchev–Trinajstić information content (AvgIpc) is 3.05. The number of para-hydroxylation sites is 1. The Morgan fingerprint density at radius 1 is 0.891 bits per heavy atom. The lowest BCUT2D eigenvalue weighted by Gasteiger charge is -2.42. The van der Waals surface area contributed by atoms with Gasteiger partial charge in [-0.1, -0.05) is 29.8 Å². The largest absolute Gasteiger partial charge is 0.494 e. The Balaban J connectivity index is 1.25. The molecule has 3 heterocycles. The summed E-state index contributed by atoms with van der Waals surface area (Å²) in [4.78, 5) is 17.2. The van der Waals surface area contributed by atoms with Gasteiger partial charge in [0.15, 0.2) is 9.84 Å². The molecule has 4 aromatic rings. The summed E-state index contributed by atoms with van der Waals surface area (Å²) in [5.41, 5.74) is 2.86. The van der Waals surface area contributed by atoms with Crippen LogP contribution in [0.3, 0.4) is 0 Å². The molecule has 0 atom stereocenters. The molecule has 2 fully saturated rings. The van der Waals surface area contributed by atoms with Gasteiger partial charge in [0.1, 0.15) is 11.6 Å². The van der Waals surface area contributed by atoms with Gasteiger partial charge in [-0.2, -0.15) is 4.98 Å². The van der Waals surface area contributed by atoms with Crippen LogP contribution >= 0.6 is 11.6 Å². The van der Waals surface area contributed by atoms with Gasteiger partial charge in [-0.15, -0.1) is 0 Å². The van der Waals surface area contributed by atoms with E-state index in [1.54, 1.807) is 51.3 Å². The van der Waals surface area contributed by atoms with Crippen LogP contribution in [0.15, 0.2) is 65.6 Å². The molecule has 12 heteroatoms. The van der Waals surface area contributed by atoms with Crippen LogP contribution in [-0.2, 0) is 9.84 Å². The van der Waals surface area contributed by atoms with E-state index in [2.05, 4.69) is 44.5 Å². The topological polar surface area (TPSA) is 103 Å². The molecule has 10 nitrogen and oxygen atoms in total. The number of nitrogens with zero attached hydrogens (tertiary/aromatic N) is 5. The van der Waals surface area contributed by atoms with Gasteiger partial charge in [-0.05, 0) is 70.1 Å². The molecule has 2 saturated heterocycles. The lowest BCUT2D eigenvalue weighted by atomic mass is 10.0. The van der Waals surface area contributed by atoms with Crippen LogP contribution in [0.5, 0.6) is 5.75 Å². The van der Waals surface area contributed by atoms with Crippen molar-refractivity contribution in [2.45, 2.75) is 42.9 Å². The number of ether oxygens (including phenoxy) is 1.